The Bertz CT molecular complexity index is 862. The fourth-order valence-electron chi connectivity index (χ4n) is 4.05. The zero-order valence-electron chi connectivity index (χ0n) is 16.8. The Kier molecular flexibility index (Phi) is 5.67. The van der Waals surface area contributed by atoms with Crippen LogP contribution in [0.1, 0.15) is 24.8 Å². The Morgan fingerprint density at radius 1 is 1.10 bits per heavy atom. The Morgan fingerprint density at radius 3 is 2.38 bits per heavy atom. The number of hydrogen-bond donors (Lipinski definition) is 0. The van der Waals surface area contributed by atoms with Crippen molar-refractivity contribution in [1.29, 1.82) is 0 Å². The molecule has 4 rings (SSSR count). The van der Waals surface area contributed by atoms with Gasteiger partial charge in [-0.2, -0.15) is 0 Å². The van der Waals surface area contributed by atoms with Gasteiger partial charge in [-0.15, -0.1) is 0 Å². The van der Waals surface area contributed by atoms with Gasteiger partial charge in [0.1, 0.15) is 11.5 Å². The van der Waals surface area contributed by atoms with E-state index in [-0.39, 0.29) is 22.5 Å². The molecule has 6 nitrogen and oxygen atoms in total. The van der Waals surface area contributed by atoms with E-state index in [1.165, 1.54) is 12.1 Å². The molecule has 0 radical (unpaired) electrons. The summed E-state index contributed by atoms with van der Waals surface area (Å²) in [4.78, 5) is 18.2. The van der Waals surface area contributed by atoms with E-state index in [0.717, 1.165) is 56.7 Å². The van der Waals surface area contributed by atoms with Gasteiger partial charge in [-0.1, -0.05) is 12.1 Å². The summed E-state index contributed by atoms with van der Waals surface area (Å²) < 4.78 is 13.3. The van der Waals surface area contributed by atoms with Crippen molar-refractivity contribution in [1.82, 2.24) is 4.90 Å². The predicted molar refractivity (Wildman–Crippen MR) is 113 cm³/mol. The SMILES string of the molecule is CN1CCN(c2ccc([N+](=O)[O-])c(N(Cc3ccc(F)cc3)C3CCC3)c2)CC1. The number of anilines is 2. The molecule has 2 aromatic carbocycles. The van der Waals surface area contributed by atoms with Gasteiger partial charge in [0.15, 0.2) is 0 Å². The van der Waals surface area contributed by atoms with Crippen LogP contribution in [0.2, 0.25) is 0 Å². The van der Waals surface area contributed by atoms with Crippen LogP contribution in [0.25, 0.3) is 0 Å². The third-order valence-electron chi connectivity index (χ3n) is 6.12. The van der Waals surface area contributed by atoms with Crippen LogP contribution < -0.4 is 9.80 Å². The number of nitro groups is 1. The molecular formula is C22H27FN4O2. The second kappa shape index (κ2) is 8.37. The first-order chi connectivity index (χ1) is 14.0. The number of nitro benzene ring substituents is 1. The van der Waals surface area contributed by atoms with Gasteiger partial charge in [-0.25, -0.2) is 4.39 Å². The normalized spacial score (nSPS) is 17.8. The minimum Gasteiger partial charge on any atom is -0.369 e. The third-order valence-corrected chi connectivity index (χ3v) is 6.12. The second-order valence-corrected chi connectivity index (χ2v) is 8.06. The Morgan fingerprint density at radius 2 is 1.79 bits per heavy atom. The van der Waals surface area contributed by atoms with Crippen LogP contribution in [0.5, 0.6) is 0 Å². The second-order valence-electron chi connectivity index (χ2n) is 8.06. The maximum absolute atomic E-state index is 13.3. The van der Waals surface area contributed by atoms with Crippen LogP contribution in [0.15, 0.2) is 42.5 Å². The highest BCUT2D eigenvalue weighted by atomic mass is 19.1. The van der Waals surface area contributed by atoms with Crippen LogP contribution in [0.4, 0.5) is 21.5 Å². The van der Waals surface area contributed by atoms with Crippen molar-refractivity contribution in [3.63, 3.8) is 0 Å². The highest BCUT2D eigenvalue weighted by Gasteiger charge is 2.31. The predicted octanol–water partition coefficient (Wildman–Crippen LogP) is 4.04. The number of hydrogen-bond acceptors (Lipinski definition) is 5. The van der Waals surface area contributed by atoms with Crippen LogP contribution in [-0.2, 0) is 6.54 Å². The number of nitrogens with zero attached hydrogens (tertiary/aromatic N) is 4. The molecule has 1 saturated carbocycles. The van der Waals surface area contributed by atoms with E-state index < -0.39 is 0 Å². The third kappa shape index (κ3) is 4.34. The van der Waals surface area contributed by atoms with Gasteiger partial charge >= 0.3 is 0 Å². The van der Waals surface area contributed by atoms with Crippen molar-refractivity contribution in [2.75, 3.05) is 43.0 Å². The van der Waals surface area contributed by atoms with Crippen molar-refractivity contribution in [3.05, 3.63) is 64.0 Å². The average molecular weight is 398 g/mol. The first-order valence-electron chi connectivity index (χ1n) is 10.2. The number of piperazine rings is 1. The summed E-state index contributed by atoms with van der Waals surface area (Å²) in [6, 6.07) is 12.2. The van der Waals surface area contributed by atoms with Crippen molar-refractivity contribution >= 4 is 17.1 Å². The van der Waals surface area contributed by atoms with E-state index in [4.69, 9.17) is 0 Å². The van der Waals surface area contributed by atoms with Gasteiger partial charge in [-0.3, -0.25) is 10.1 Å². The molecule has 1 aliphatic heterocycles. The molecule has 7 heteroatoms. The summed E-state index contributed by atoms with van der Waals surface area (Å²) in [5.41, 5.74) is 2.79. The smallest absolute Gasteiger partial charge is 0.292 e. The molecule has 0 atom stereocenters. The van der Waals surface area contributed by atoms with Gasteiger partial charge in [-0.05, 0) is 56.1 Å². The fourth-order valence-corrected chi connectivity index (χ4v) is 4.05. The molecule has 0 aromatic heterocycles. The summed E-state index contributed by atoms with van der Waals surface area (Å²) in [7, 11) is 2.11. The number of halogens is 1. The van der Waals surface area contributed by atoms with E-state index >= 15 is 0 Å². The van der Waals surface area contributed by atoms with E-state index in [0.29, 0.717) is 12.2 Å². The van der Waals surface area contributed by atoms with Gasteiger partial charge < -0.3 is 14.7 Å². The number of rotatable bonds is 6. The molecule has 2 aliphatic rings. The lowest BCUT2D eigenvalue weighted by Crippen LogP contribution is -2.44. The first kappa shape index (κ1) is 19.6. The van der Waals surface area contributed by atoms with Gasteiger partial charge in [0.25, 0.3) is 5.69 Å². The zero-order valence-corrected chi connectivity index (χ0v) is 16.8. The summed E-state index contributed by atoms with van der Waals surface area (Å²) >= 11 is 0. The summed E-state index contributed by atoms with van der Waals surface area (Å²) in [5, 5.41) is 11.8. The van der Waals surface area contributed by atoms with Crippen LogP contribution >= 0.6 is 0 Å². The molecule has 0 bridgehead atoms. The standard InChI is InChI=1S/C22H27FN4O2/c1-24-11-13-25(14-12-24)20-9-10-21(27(28)29)22(15-20)26(19-3-2-4-19)16-17-5-7-18(23)8-6-17/h5-10,15,19H,2-4,11-14,16H2,1H3. The van der Waals surface area contributed by atoms with Crippen LogP contribution in [0.3, 0.4) is 0 Å². The first-order valence-corrected chi connectivity index (χ1v) is 10.2. The highest BCUT2D eigenvalue weighted by molar-refractivity contribution is 5.71. The molecular weight excluding hydrogens is 371 g/mol. The van der Waals surface area contributed by atoms with Crippen molar-refractivity contribution in [2.45, 2.75) is 31.8 Å². The van der Waals surface area contributed by atoms with Crippen molar-refractivity contribution < 1.29 is 9.31 Å². The topological polar surface area (TPSA) is 52.9 Å². The minimum absolute atomic E-state index is 0.136. The summed E-state index contributed by atoms with van der Waals surface area (Å²) in [6.07, 6.45) is 3.19. The Balaban J connectivity index is 1.68. The molecule has 154 valence electrons. The van der Waals surface area contributed by atoms with E-state index in [9.17, 15) is 14.5 Å². The Labute approximate surface area is 170 Å². The Hall–Kier alpha value is -2.67. The van der Waals surface area contributed by atoms with Gasteiger partial charge in [0.2, 0.25) is 0 Å². The van der Waals surface area contributed by atoms with Crippen molar-refractivity contribution in [3.8, 4) is 0 Å². The van der Waals surface area contributed by atoms with Gasteiger partial charge in [0.05, 0.1) is 4.92 Å². The van der Waals surface area contributed by atoms with Crippen LogP contribution in [-0.4, -0.2) is 49.1 Å². The largest absolute Gasteiger partial charge is 0.369 e. The maximum atomic E-state index is 13.3. The number of benzene rings is 2. The molecule has 1 aliphatic carbocycles. The molecule has 29 heavy (non-hydrogen) atoms. The molecule has 2 fully saturated rings. The summed E-state index contributed by atoms with van der Waals surface area (Å²) in [6.45, 7) is 4.32. The van der Waals surface area contributed by atoms with Gasteiger partial charge in [0, 0.05) is 50.5 Å². The quantitative estimate of drug-likeness (QED) is 0.543. The monoisotopic (exact) mass is 398 g/mol. The lowest BCUT2D eigenvalue weighted by atomic mass is 9.90. The zero-order chi connectivity index (χ0) is 20.4. The lowest BCUT2D eigenvalue weighted by Gasteiger charge is -2.40. The van der Waals surface area contributed by atoms with Crippen molar-refractivity contribution in [2.24, 2.45) is 0 Å². The molecule has 1 saturated heterocycles. The molecule has 0 unspecified atom stereocenters. The minimum atomic E-state index is -0.292. The summed E-state index contributed by atoms with van der Waals surface area (Å²) in [5.74, 6) is -0.271. The lowest BCUT2D eigenvalue weighted by molar-refractivity contribution is -0.384. The van der Waals surface area contributed by atoms with E-state index in [2.05, 4.69) is 21.7 Å². The average Bonchev–Trinajstić information content (AvgIpc) is 2.68. The number of likely N-dealkylation sites (N-methyl/N-ethyl adjacent to an activating group) is 1. The van der Waals surface area contributed by atoms with E-state index in [1.54, 1.807) is 18.2 Å². The van der Waals surface area contributed by atoms with Crippen LogP contribution in [0, 0.1) is 15.9 Å². The molecule has 0 N–H and O–H groups in total. The van der Waals surface area contributed by atoms with E-state index in [1.807, 2.05) is 12.1 Å². The highest BCUT2D eigenvalue weighted by Crippen LogP contribution is 2.39. The maximum Gasteiger partial charge on any atom is 0.292 e. The molecule has 0 spiro atoms. The molecule has 1 heterocycles. The molecule has 2 aromatic rings. The molecule has 0 amide bonds. The fraction of sp³-hybridized carbons (Fsp3) is 0.455.